The van der Waals surface area contributed by atoms with Crippen molar-refractivity contribution in [3.05, 3.63) is 30.1 Å². The predicted octanol–water partition coefficient (Wildman–Crippen LogP) is 2.79. The molecule has 0 heterocycles. The minimum Gasteiger partial charge on any atom is -0.372 e. The van der Waals surface area contributed by atoms with Gasteiger partial charge in [0.1, 0.15) is 5.82 Å². The number of anilines is 1. The van der Waals surface area contributed by atoms with Crippen LogP contribution in [0.3, 0.4) is 0 Å². The van der Waals surface area contributed by atoms with Gasteiger partial charge < -0.3 is 10.2 Å². The fourth-order valence-electron chi connectivity index (χ4n) is 2.66. The van der Waals surface area contributed by atoms with Crippen LogP contribution in [-0.2, 0) is 0 Å². The molecule has 94 valence electrons. The maximum atomic E-state index is 13.2. The summed E-state index contributed by atoms with van der Waals surface area (Å²) < 4.78 is 13.2. The van der Waals surface area contributed by atoms with Crippen LogP contribution in [0.4, 0.5) is 10.1 Å². The molecular formula is C14H21FN2. The Morgan fingerprint density at radius 3 is 2.53 bits per heavy atom. The lowest BCUT2D eigenvalue weighted by molar-refractivity contribution is 0.351. The lowest BCUT2D eigenvalue weighted by Crippen LogP contribution is -2.39. The molecule has 2 rings (SSSR count). The number of nitrogens with one attached hydrogen (secondary N) is 1. The lowest BCUT2D eigenvalue weighted by Gasteiger charge is -2.36. The van der Waals surface area contributed by atoms with Gasteiger partial charge in [0.05, 0.1) is 0 Å². The van der Waals surface area contributed by atoms with Crippen molar-refractivity contribution < 1.29 is 4.39 Å². The minimum atomic E-state index is -0.154. The molecule has 0 aliphatic heterocycles. The summed E-state index contributed by atoms with van der Waals surface area (Å²) in [5.74, 6) is -0.154. The molecule has 0 amide bonds. The molecule has 1 aromatic carbocycles. The van der Waals surface area contributed by atoms with Gasteiger partial charge in [-0.3, -0.25) is 0 Å². The third-order valence-corrected chi connectivity index (χ3v) is 3.87. The molecular weight excluding hydrogens is 215 g/mol. The van der Waals surface area contributed by atoms with Crippen LogP contribution in [0.2, 0.25) is 0 Å². The molecule has 0 atom stereocenters. The van der Waals surface area contributed by atoms with E-state index in [0.717, 1.165) is 5.69 Å². The van der Waals surface area contributed by atoms with Crippen molar-refractivity contribution in [1.29, 1.82) is 0 Å². The number of benzene rings is 1. The van der Waals surface area contributed by atoms with E-state index in [9.17, 15) is 4.39 Å². The molecule has 3 heteroatoms. The Bertz CT molecular complexity index is 359. The Balaban J connectivity index is 1.99. The molecule has 1 aromatic rings. The van der Waals surface area contributed by atoms with Gasteiger partial charge in [0.25, 0.3) is 0 Å². The zero-order chi connectivity index (χ0) is 12.3. The molecule has 17 heavy (non-hydrogen) atoms. The van der Waals surface area contributed by atoms with Crippen LogP contribution in [-0.4, -0.2) is 26.2 Å². The molecule has 0 aromatic heterocycles. The predicted molar refractivity (Wildman–Crippen MR) is 69.9 cm³/mol. The first-order valence-corrected chi connectivity index (χ1v) is 6.36. The highest BCUT2D eigenvalue weighted by Crippen LogP contribution is 2.26. The molecule has 1 aliphatic rings. The van der Waals surface area contributed by atoms with E-state index in [1.54, 1.807) is 12.1 Å². The van der Waals surface area contributed by atoms with Gasteiger partial charge in [0.15, 0.2) is 0 Å². The Labute approximate surface area is 103 Å². The molecule has 0 unspecified atom stereocenters. The van der Waals surface area contributed by atoms with Crippen LogP contribution in [0.5, 0.6) is 0 Å². The highest BCUT2D eigenvalue weighted by Gasteiger charge is 2.23. The van der Waals surface area contributed by atoms with Crippen molar-refractivity contribution in [3.63, 3.8) is 0 Å². The van der Waals surface area contributed by atoms with E-state index >= 15 is 0 Å². The van der Waals surface area contributed by atoms with E-state index < -0.39 is 0 Å². The summed E-state index contributed by atoms with van der Waals surface area (Å²) in [5, 5.41) is 3.33. The van der Waals surface area contributed by atoms with Crippen LogP contribution < -0.4 is 10.2 Å². The quantitative estimate of drug-likeness (QED) is 0.868. The molecule has 2 nitrogen and oxygen atoms in total. The van der Waals surface area contributed by atoms with E-state index in [4.69, 9.17) is 0 Å². The number of rotatable bonds is 3. The van der Waals surface area contributed by atoms with Crippen LogP contribution in [0.15, 0.2) is 24.3 Å². The third kappa shape index (κ3) is 2.97. The van der Waals surface area contributed by atoms with E-state index in [2.05, 4.69) is 17.3 Å². The normalized spacial score (nSPS) is 24.6. The average molecular weight is 236 g/mol. The van der Waals surface area contributed by atoms with Crippen molar-refractivity contribution in [3.8, 4) is 0 Å². The van der Waals surface area contributed by atoms with Crippen molar-refractivity contribution >= 4 is 5.69 Å². The summed E-state index contributed by atoms with van der Waals surface area (Å²) in [5.41, 5.74) is 0.984. The van der Waals surface area contributed by atoms with Gasteiger partial charge in [-0.2, -0.15) is 0 Å². The van der Waals surface area contributed by atoms with Crippen molar-refractivity contribution in [2.24, 2.45) is 0 Å². The molecule has 1 saturated carbocycles. The summed E-state index contributed by atoms with van der Waals surface area (Å²) in [6, 6.07) is 8.07. The standard InChI is InChI=1S/C14H21FN2/c1-16-12-6-8-13(9-7-12)17(2)14-5-3-4-11(15)10-14/h3-5,10,12-13,16H,6-9H2,1-2H3. The molecule has 0 radical (unpaired) electrons. The first-order chi connectivity index (χ1) is 8.20. The minimum absolute atomic E-state index is 0.154. The highest BCUT2D eigenvalue weighted by atomic mass is 19.1. The first kappa shape index (κ1) is 12.4. The Hall–Kier alpha value is -1.09. The van der Waals surface area contributed by atoms with Crippen molar-refractivity contribution in [1.82, 2.24) is 5.32 Å². The highest BCUT2D eigenvalue weighted by molar-refractivity contribution is 5.46. The second-order valence-corrected chi connectivity index (χ2v) is 4.88. The summed E-state index contributed by atoms with van der Waals surface area (Å²) in [7, 11) is 4.10. The smallest absolute Gasteiger partial charge is 0.125 e. The van der Waals surface area contributed by atoms with Crippen LogP contribution in [0.25, 0.3) is 0 Å². The van der Waals surface area contributed by atoms with Crippen molar-refractivity contribution in [2.45, 2.75) is 37.8 Å². The fraction of sp³-hybridized carbons (Fsp3) is 0.571. The SMILES string of the molecule is CNC1CCC(N(C)c2cccc(F)c2)CC1. The largest absolute Gasteiger partial charge is 0.372 e. The summed E-state index contributed by atoms with van der Waals surface area (Å²) in [6.07, 6.45) is 4.78. The van der Waals surface area contributed by atoms with Gasteiger partial charge in [-0.15, -0.1) is 0 Å². The Morgan fingerprint density at radius 1 is 1.24 bits per heavy atom. The van der Waals surface area contributed by atoms with Gasteiger partial charge >= 0.3 is 0 Å². The van der Waals surface area contributed by atoms with Gasteiger partial charge in [0, 0.05) is 24.8 Å². The lowest BCUT2D eigenvalue weighted by atomic mass is 9.90. The number of hydrogen-bond acceptors (Lipinski definition) is 2. The molecule has 0 saturated heterocycles. The van der Waals surface area contributed by atoms with Gasteiger partial charge in [-0.25, -0.2) is 4.39 Å². The van der Waals surface area contributed by atoms with Gasteiger partial charge in [-0.05, 0) is 50.9 Å². The Kier molecular flexibility index (Phi) is 4.00. The zero-order valence-electron chi connectivity index (χ0n) is 10.6. The van der Waals surface area contributed by atoms with E-state index in [1.165, 1.54) is 31.7 Å². The van der Waals surface area contributed by atoms with E-state index in [1.807, 2.05) is 13.1 Å². The summed E-state index contributed by atoms with van der Waals surface area (Å²) >= 11 is 0. The van der Waals surface area contributed by atoms with Gasteiger partial charge in [0.2, 0.25) is 0 Å². The molecule has 1 aliphatic carbocycles. The molecule has 0 bridgehead atoms. The fourth-order valence-corrected chi connectivity index (χ4v) is 2.66. The number of nitrogens with zero attached hydrogens (tertiary/aromatic N) is 1. The first-order valence-electron chi connectivity index (χ1n) is 6.36. The monoisotopic (exact) mass is 236 g/mol. The third-order valence-electron chi connectivity index (χ3n) is 3.87. The second kappa shape index (κ2) is 5.50. The molecule has 1 fully saturated rings. The van der Waals surface area contributed by atoms with Crippen LogP contribution >= 0.6 is 0 Å². The van der Waals surface area contributed by atoms with Crippen LogP contribution in [0.1, 0.15) is 25.7 Å². The number of halogens is 1. The zero-order valence-corrected chi connectivity index (χ0v) is 10.6. The maximum Gasteiger partial charge on any atom is 0.125 e. The topological polar surface area (TPSA) is 15.3 Å². The van der Waals surface area contributed by atoms with Gasteiger partial charge in [-0.1, -0.05) is 6.07 Å². The summed E-state index contributed by atoms with van der Waals surface area (Å²) in [4.78, 5) is 2.22. The molecule has 0 spiro atoms. The number of hydrogen-bond donors (Lipinski definition) is 1. The van der Waals surface area contributed by atoms with E-state index in [-0.39, 0.29) is 5.82 Å². The average Bonchev–Trinajstić information content (AvgIpc) is 2.38. The van der Waals surface area contributed by atoms with Crippen molar-refractivity contribution in [2.75, 3.05) is 19.0 Å². The second-order valence-electron chi connectivity index (χ2n) is 4.88. The summed E-state index contributed by atoms with van der Waals surface area (Å²) in [6.45, 7) is 0. The van der Waals surface area contributed by atoms with E-state index in [0.29, 0.717) is 12.1 Å². The molecule has 1 N–H and O–H groups in total. The van der Waals surface area contributed by atoms with Crippen LogP contribution in [0, 0.1) is 5.82 Å². The maximum absolute atomic E-state index is 13.2. The Morgan fingerprint density at radius 2 is 1.94 bits per heavy atom.